The standard InChI is InChI=1S/C8H14O3.ClH/c1-2-11-8(9)7-3-5-10-6-4-7;/h7H,2-6H2,1H3;1H. The van der Waals surface area contributed by atoms with E-state index >= 15 is 0 Å². The van der Waals surface area contributed by atoms with Crippen LogP contribution in [0.3, 0.4) is 0 Å². The molecule has 12 heavy (non-hydrogen) atoms. The molecule has 0 spiro atoms. The van der Waals surface area contributed by atoms with Gasteiger partial charge in [-0.2, -0.15) is 0 Å². The second-order valence-electron chi connectivity index (χ2n) is 2.64. The molecular formula is C8H15ClO3. The molecule has 0 aromatic rings. The van der Waals surface area contributed by atoms with E-state index in [4.69, 9.17) is 9.47 Å². The molecule has 0 amide bonds. The molecule has 1 aliphatic heterocycles. The van der Waals surface area contributed by atoms with E-state index in [0.717, 1.165) is 12.8 Å². The van der Waals surface area contributed by atoms with Crippen molar-refractivity contribution in [3.05, 3.63) is 0 Å². The Morgan fingerprint density at radius 2 is 2.08 bits per heavy atom. The van der Waals surface area contributed by atoms with Gasteiger partial charge in [0.1, 0.15) is 0 Å². The molecule has 0 saturated carbocycles. The normalized spacial score (nSPS) is 18.1. The van der Waals surface area contributed by atoms with Crippen LogP contribution >= 0.6 is 12.4 Å². The van der Waals surface area contributed by atoms with E-state index in [1.165, 1.54) is 0 Å². The van der Waals surface area contributed by atoms with E-state index in [0.29, 0.717) is 19.8 Å². The molecule has 1 heterocycles. The third-order valence-electron chi connectivity index (χ3n) is 1.84. The molecule has 0 radical (unpaired) electrons. The summed E-state index contributed by atoms with van der Waals surface area (Å²) in [5.41, 5.74) is 0. The largest absolute Gasteiger partial charge is 0.466 e. The number of ether oxygens (including phenoxy) is 2. The maximum Gasteiger partial charge on any atom is 0.309 e. The van der Waals surface area contributed by atoms with Crippen LogP contribution in [0.25, 0.3) is 0 Å². The van der Waals surface area contributed by atoms with E-state index in [1.807, 2.05) is 6.92 Å². The van der Waals surface area contributed by atoms with Gasteiger partial charge < -0.3 is 9.47 Å². The third-order valence-corrected chi connectivity index (χ3v) is 1.84. The average Bonchev–Trinajstić information content (AvgIpc) is 2.07. The van der Waals surface area contributed by atoms with Crippen LogP contribution in [-0.2, 0) is 14.3 Å². The van der Waals surface area contributed by atoms with Gasteiger partial charge in [-0.05, 0) is 19.8 Å². The van der Waals surface area contributed by atoms with Gasteiger partial charge in [-0.1, -0.05) is 0 Å². The number of carbonyl (C=O) groups is 1. The summed E-state index contributed by atoms with van der Waals surface area (Å²) in [5, 5.41) is 0. The van der Waals surface area contributed by atoms with Crippen LogP contribution in [0.2, 0.25) is 0 Å². The summed E-state index contributed by atoms with van der Waals surface area (Å²) in [6, 6.07) is 0. The van der Waals surface area contributed by atoms with Crippen molar-refractivity contribution in [2.75, 3.05) is 19.8 Å². The van der Waals surface area contributed by atoms with Crippen molar-refractivity contribution in [3.63, 3.8) is 0 Å². The van der Waals surface area contributed by atoms with Crippen molar-refractivity contribution >= 4 is 18.4 Å². The molecule has 72 valence electrons. The van der Waals surface area contributed by atoms with Crippen LogP contribution in [0.5, 0.6) is 0 Å². The first kappa shape index (κ1) is 11.7. The maximum atomic E-state index is 11.1. The molecule has 1 fully saturated rings. The minimum Gasteiger partial charge on any atom is -0.466 e. The van der Waals surface area contributed by atoms with E-state index in [2.05, 4.69) is 0 Å². The van der Waals surface area contributed by atoms with Crippen molar-refractivity contribution in [2.45, 2.75) is 19.8 Å². The van der Waals surface area contributed by atoms with Gasteiger partial charge in [-0.15, -0.1) is 12.4 Å². The lowest BCUT2D eigenvalue weighted by Crippen LogP contribution is -2.25. The van der Waals surface area contributed by atoms with Crippen LogP contribution in [0, 0.1) is 5.92 Å². The Morgan fingerprint density at radius 3 is 2.58 bits per heavy atom. The van der Waals surface area contributed by atoms with Crippen LogP contribution in [0.1, 0.15) is 19.8 Å². The Bertz CT molecular complexity index is 132. The quantitative estimate of drug-likeness (QED) is 0.624. The molecule has 0 N–H and O–H groups in total. The highest BCUT2D eigenvalue weighted by Gasteiger charge is 2.22. The van der Waals surface area contributed by atoms with Gasteiger partial charge in [0.25, 0.3) is 0 Å². The Kier molecular flexibility index (Phi) is 6.11. The fraction of sp³-hybridized carbons (Fsp3) is 0.875. The molecular weight excluding hydrogens is 180 g/mol. The predicted octanol–water partition coefficient (Wildman–Crippen LogP) is 1.40. The van der Waals surface area contributed by atoms with Gasteiger partial charge in [0.2, 0.25) is 0 Å². The highest BCUT2D eigenvalue weighted by Crippen LogP contribution is 2.15. The zero-order chi connectivity index (χ0) is 8.10. The molecule has 0 aromatic heterocycles. The maximum absolute atomic E-state index is 11.1. The van der Waals surface area contributed by atoms with Gasteiger partial charge in [0.05, 0.1) is 12.5 Å². The molecule has 4 heteroatoms. The highest BCUT2D eigenvalue weighted by atomic mass is 35.5. The molecule has 0 aliphatic carbocycles. The van der Waals surface area contributed by atoms with Crippen LogP contribution in [0.4, 0.5) is 0 Å². The van der Waals surface area contributed by atoms with Gasteiger partial charge >= 0.3 is 5.97 Å². The Morgan fingerprint density at radius 1 is 1.50 bits per heavy atom. The molecule has 3 nitrogen and oxygen atoms in total. The Hall–Kier alpha value is -0.280. The number of hydrogen-bond donors (Lipinski definition) is 0. The molecule has 0 aromatic carbocycles. The second-order valence-corrected chi connectivity index (χ2v) is 2.64. The summed E-state index contributed by atoms with van der Waals surface area (Å²) in [5.74, 6) is 0.0273. The van der Waals surface area contributed by atoms with Gasteiger partial charge in [0, 0.05) is 13.2 Å². The van der Waals surface area contributed by atoms with E-state index in [-0.39, 0.29) is 24.3 Å². The third kappa shape index (κ3) is 3.41. The first-order valence-corrected chi connectivity index (χ1v) is 4.09. The minimum atomic E-state index is -0.0594. The summed E-state index contributed by atoms with van der Waals surface area (Å²) in [4.78, 5) is 11.1. The number of halogens is 1. The van der Waals surface area contributed by atoms with E-state index < -0.39 is 0 Å². The monoisotopic (exact) mass is 194 g/mol. The molecule has 1 rings (SSSR count). The number of esters is 1. The first-order chi connectivity index (χ1) is 5.34. The second kappa shape index (κ2) is 6.26. The molecule has 1 saturated heterocycles. The summed E-state index contributed by atoms with van der Waals surface area (Å²) in [6.07, 6.45) is 1.64. The molecule has 0 unspecified atom stereocenters. The smallest absolute Gasteiger partial charge is 0.309 e. The van der Waals surface area contributed by atoms with Crippen molar-refractivity contribution in [2.24, 2.45) is 5.92 Å². The van der Waals surface area contributed by atoms with Gasteiger partial charge in [-0.25, -0.2) is 0 Å². The first-order valence-electron chi connectivity index (χ1n) is 4.09. The average molecular weight is 195 g/mol. The minimum absolute atomic E-state index is 0. The lowest BCUT2D eigenvalue weighted by molar-refractivity contribution is -0.151. The van der Waals surface area contributed by atoms with Crippen molar-refractivity contribution in [1.82, 2.24) is 0 Å². The van der Waals surface area contributed by atoms with Crippen molar-refractivity contribution in [3.8, 4) is 0 Å². The fourth-order valence-corrected chi connectivity index (χ4v) is 1.19. The molecule has 0 bridgehead atoms. The summed E-state index contributed by atoms with van der Waals surface area (Å²) >= 11 is 0. The highest BCUT2D eigenvalue weighted by molar-refractivity contribution is 5.85. The Labute approximate surface area is 78.8 Å². The van der Waals surface area contributed by atoms with Crippen molar-refractivity contribution in [1.29, 1.82) is 0 Å². The van der Waals surface area contributed by atoms with Crippen LogP contribution < -0.4 is 0 Å². The summed E-state index contributed by atoms with van der Waals surface area (Å²) in [7, 11) is 0. The number of rotatable bonds is 2. The summed E-state index contributed by atoms with van der Waals surface area (Å²) in [6.45, 7) is 3.71. The number of hydrogen-bond acceptors (Lipinski definition) is 3. The zero-order valence-electron chi connectivity index (χ0n) is 7.25. The molecule has 0 atom stereocenters. The lowest BCUT2D eigenvalue weighted by atomic mass is 10.0. The van der Waals surface area contributed by atoms with E-state index in [1.54, 1.807) is 0 Å². The van der Waals surface area contributed by atoms with Crippen LogP contribution in [-0.4, -0.2) is 25.8 Å². The zero-order valence-corrected chi connectivity index (χ0v) is 8.06. The predicted molar refractivity (Wildman–Crippen MR) is 47.4 cm³/mol. The van der Waals surface area contributed by atoms with Gasteiger partial charge in [-0.3, -0.25) is 4.79 Å². The van der Waals surface area contributed by atoms with E-state index in [9.17, 15) is 4.79 Å². The van der Waals surface area contributed by atoms with Crippen LogP contribution in [0.15, 0.2) is 0 Å². The SMILES string of the molecule is CCOC(=O)C1CCOCC1.Cl. The van der Waals surface area contributed by atoms with Gasteiger partial charge in [0.15, 0.2) is 0 Å². The lowest BCUT2D eigenvalue weighted by Gasteiger charge is -2.19. The Balaban J connectivity index is 0.00000121. The topological polar surface area (TPSA) is 35.5 Å². The summed E-state index contributed by atoms with van der Waals surface area (Å²) < 4.78 is 10.0. The molecule has 1 aliphatic rings. The van der Waals surface area contributed by atoms with Crippen molar-refractivity contribution < 1.29 is 14.3 Å². The fourth-order valence-electron chi connectivity index (χ4n) is 1.19. The number of carbonyl (C=O) groups excluding carboxylic acids is 1.